The van der Waals surface area contributed by atoms with Crippen LogP contribution in [-0.2, 0) is 13.0 Å². The van der Waals surface area contributed by atoms with Crippen LogP contribution < -0.4 is 10.1 Å². The maximum atomic E-state index is 12.7. The van der Waals surface area contributed by atoms with Crippen LogP contribution >= 0.6 is 0 Å². The summed E-state index contributed by atoms with van der Waals surface area (Å²) in [5.41, 5.74) is 3.59. The Balaban J connectivity index is 1.71. The lowest BCUT2D eigenvalue weighted by molar-refractivity contribution is 0.145. The molecule has 2 aromatic heterocycles. The quantitative estimate of drug-likeness (QED) is 0.662. The van der Waals surface area contributed by atoms with Gasteiger partial charge in [0.2, 0.25) is 5.95 Å². The van der Waals surface area contributed by atoms with Gasteiger partial charge in [-0.05, 0) is 43.2 Å². The summed E-state index contributed by atoms with van der Waals surface area (Å²) >= 11 is 0. The third kappa shape index (κ3) is 4.76. The first kappa shape index (κ1) is 19.6. The topological polar surface area (TPSA) is 72.8 Å². The van der Waals surface area contributed by atoms with Gasteiger partial charge in [-0.1, -0.05) is 12.1 Å². The summed E-state index contributed by atoms with van der Waals surface area (Å²) < 4.78 is 30.7. The molecule has 2 heterocycles. The van der Waals surface area contributed by atoms with Gasteiger partial charge in [-0.3, -0.25) is 0 Å². The number of alkyl halides is 2. The molecule has 0 aliphatic heterocycles. The predicted molar refractivity (Wildman–Crippen MR) is 102 cm³/mol. The molecule has 6 nitrogen and oxygen atoms in total. The van der Waals surface area contributed by atoms with Crippen molar-refractivity contribution in [2.24, 2.45) is 0 Å². The molecule has 0 atom stereocenters. The molecule has 0 unspecified atom stereocenters. The Morgan fingerprint density at radius 1 is 1.00 bits per heavy atom. The van der Waals surface area contributed by atoms with E-state index >= 15 is 0 Å². The van der Waals surface area contributed by atoms with E-state index in [2.05, 4.69) is 25.3 Å². The van der Waals surface area contributed by atoms with Gasteiger partial charge in [-0.25, -0.2) is 28.7 Å². The molecule has 0 spiro atoms. The summed E-state index contributed by atoms with van der Waals surface area (Å²) in [6.07, 6.45) is -0.595. The van der Waals surface area contributed by atoms with E-state index in [4.69, 9.17) is 4.74 Å². The minimum Gasteiger partial charge on any atom is -0.497 e. The van der Waals surface area contributed by atoms with Crippen molar-refractivity contribution in [3.05, 3.63) is 70.6 Å². The van der Waals surface area contributed by atoms with Crippen molar-refractivity contribution < 1.29 is 13.5 Å². The molecule has 0 fully saturated rings. The number of hydrogen-bond acceptors (Lipinski definition) is 6. The molecule has 1 N–H and O–H groups in total. The normalized spacial score (nSPS) is 10.9. The third-order valence-electron chi connectivity index (χ3n) is 4.32. The molecule has 8 heteroatoms. The maximum absolute atomic E-state index is 12.7. The highest BCUT2D eigenvalue weighted by atomic mass is 19.3. The first-order valence-corrected chi connectivity index (χ1v) is 8.77. The van der Waals surface area contributed by atoms with Gasteiger partial charge in [0.05, 0.1) is 13.7 Å². The minimum atomic E-state index is -2.63. The number of methoxy groups -OCH3 is 1. The van der Waals surface area contributed by atoms with E-state index in [0.29, 0.717) is 12.4 Å². The second-order valence-corrected chi connectivity index (χ2v) is 6.27. The summed E-state index contributed by atoms with van der Waals surface area (Å²) in [6, 6.07) is 9.07. The van der Waals surface area contributed by atoms with E-state index in [-0.39, 0.29) is 18.1 Å². The molecule has 28 heavy (non-hydrogen) atoms. The van der Waals surface area contributed by atoms with Gasteiger partial charge in [-0.2, -0.15) is 0 Å². The zero-order valence-electron chi connectivity index (χ0n) is 15.9. The van der Waals surface area contributed by atoms with Crippen molar-refractivity contribution in [2.75, 3.05) is 12.4 Å². The average molecular weight is 385 g/mol. The van der Waals surface area contributed by atoms with Gasteiger partial charge in [0.15, 0.2) is 0 Å². The minimum absolute atomic E-state index is 0.164. The zero-order valence-corrected chi connectivity index (χ0v) is 15.9. The first-order valence-electron chi connectivity index (χ1n) is 8.77. The Hall–Kier alpha value is -3.16. The van der Waals surface area contributed by atoms with Crippen LogP contribution in [0.25, 0.3) is 0 Å². The molecular weight excluding hydrogens is 364 g/mol. The van der Waals surface area contributed by atoms with Crippen molar-refractivity contribution in [1.82, 2.24) is 19.9 Å². The lowest BCUT2D eigenvalue weighted by Gasteiger charge is -2.12. The molecule has 3 aromatic rings. The standard InChI is InChI=1S/C20H21F2N5O/c1-12-16(10-14-4-6-15(28-3)7-5-14)13(2)26-20(25-12)24-11-18-23-9-8-17(27-18)19(21)22/h4-9,19H,10-11H2,1-3H3,(H,24,25,26). The van der Waals surface area contributed by atoms with E-state index in [9.17, 15) is 8.78 Å². The number of ether oxygens (including phenoxy) is 1. The number of hydrogen-bond donors (Lipinski definition) is 1. The van der Waals surface area contributed by atoms with Crippen LogP contribution in [0.1, 0.15) is 40.5 Å². The van der Waals surface area contributed by atoms with Crippen molar-refractivity contribution in [3.63, 3.8) is 0 Å². The molecule has 0 aliphatic rings. The Labute approximate surface area is 162 Å². The first-order chi connectivity index (χ1) is 13.5. The number of halogens is 2. The monoisotopic (exact) mass is 385 g/mol. The molecule has 0 bridgehead atoms. The highest BCUT2D eigenvalue weighted by molar-refractivity contribution is 5.38. The molecular formula is C20H21F2N5O. The van der Waals surface area contributed by atoms with Crippen LogP contribution in [0.3, 0.4) is 0 Å². The molecule has 0 radical (unpaired) electrons. The largest absolute Gasteiger partial charge is 0.497 e. The predicted octanol–water partition coefficient (Wildman–Crippen LogP) is 4.03. The van der Waals surface area contributed by atoms with Crippen LogP contribution in [0.4, 0.5) is 14.7 Å². The van der Waals surface area contributed by atoms with Crippen molar-refractivity contribution in [2.45, 2.75) is 33.2 Å². The van der Waals surface area contributed by atoms with Crippen molar-refractivity contribution >= 4 is 5.95 Å². The second-order valence-electron chi connectivity index (χ2n) is 6.27. The highest BCUT2D eigenvalue weighted by Crippen LogP contribution is 2.20. The number of aromatic nitrogens is 4. The Kier molecular flexibility index (Phi) is 6.08. The molecule has 1 aromatic carbocycles. The van der Waals surface area contributed by atoms with Crippen LogP contribution in [0.15, 0.2) is 36.5 Å². The second kappa shape index (κ2) is 8.69. The van der Waals surface area contributed by atoms with Crippen molar-refractivity contribution in [3.8, 4) is 5.75 Å². The van der Waals surface area contributed by atoms with Crippen LogP contribution in [0.5, 0.6) is 5.75 Å². The fourth-order valence-corrected chi connectivity index (χ4v) is 2.80. The van der Waals surface area contributed by atoms with Crippen LogP contribution in [0.2, 0.25) is 0 Å². The number of aryl methyl sites for hydroxylation is 2. The van der Waals surface area contributed by atoms with Gasteiger partial charge < -0.3 is 10.1 Å². The van der Waals surface area contributed by atoms with Gasteiger partial charge >= 0.3 is 0 Å². The molecule has 3 rings (SSSR count). The van der Waals surface area contributed by atoms with Gasteiger partial charge in [-0.15, -0.1) is 0 Å². The number of benzene rings is 1. The van der Waals surface area contributed by atoms with Gasteiger partial charge in [0.25, 0.3) is 6.43 Å². The molecule has 0 saturated carbocycles. The summed E-state index contributed by atoms with van der Waals surface area (Å²) in [6.45, 7) is 4.01. The Morgan fingerprint density at radius 3 is 2.29 bits per heavy atom. The molecule has 0 amide bonds. The molecule has 0 saturated heterocycles. The van der Waals surface area contributed by atoms with Crippen LogP contribution in [-0.4, -0.2) is 27.0 Å². The van der Waals surface area contributed by atoms with Gasteiger partial charge in [0.1, 0.15) is 17.3 Å². The number of anilines is 1. The van der Waals surface area contributed by atoms with E-state index in [1.165, 1.54) is 12.3 Å². The summed E-state index contributed by atoms with van der Waals surface area (Å²) in [5.74, 6) is 1.49. The Bertz CT molecular complexity index is 925. The molecule has 146 valence electrons. The van der Waals surface area contributed by atoms with Crippen molar-refractivity contribution in [1.29, 1.82) is 0 Å². The van der Waals surface area contributed by atoms with E-state index in [0.717, 1.165) is 28.3 Å². The lowest BCUT2D eigenvalue weighted by Crippen LogP contribution is -2.11. The smallest absolute Gasteiger partial charge is 0.280 e. The fraction of sp³-hybridized carbons (Fsp3) is 0.300. The SMILES string of the molecule is COc1ccc(Cc2c(C)nc(NCc3nccc(C(F)F)n3)nc2C)cc1. The highest BCUT2D eigenvalue weighted by Gasteiger charge is 2.12. The Morgan fingerprint density at radius 2 is 1.68 bits per heavy atom. The summed E-state index contributed by atoms with van der Waals surface area (Å²) in [5, 5.41) is 3.01. The van der Waals surface area contributed by atoms with E-state index in [1.807, 2.05) is 38.1 Å². The van der Waals surface area contributed by atoms with Gasteiger partial charge in [0, 0.05) is 24.0 Å². The fourth-order valence-electron chi connectivity index (χ4n) is 2.80. The average Bonchev–Trinajstić information content (AvgIpc) is 2.70. The number of nitrogens with zero attached hydrogens (tertiary/aromatic N) is 4. The van der Waals surface area contributed by atoms with E-state index in [1.54, 1.807) is 7.11 Å². The zero-order chi connectivity index (χ0) is 20.1. The number of nitrogens with one attached hydrogen (secondary N) is 1. The maximum Gasteiger partial charge on any atom is 0.280 e. The molecule has 0 aliphatic carbocycles. The lowest BCUT2D eigenvalue weighted by atomic mass is 10.0. The third-order valence-corrected chi connectivity index (χ3v) is 4.32. The summed E-state index contributed by atoms with van der Waals surface area (Å²) in [4.78, 5) is 16.8. The number of rotatable bonds is 7. The summed E-state index contributed by atoms with van der Waals surface area (Å²) in [7, 11) is 1.64. The van der Waals surface area contributed by atoms with E-state index < -0.39 is 6.43 Å². The van der Waals surface area contributed by atoms with Crippen LogP contribution in [0, 0.1) is 13.8 Å².